The van der Waals surface area contributed by atoms with E-state index in [9.17, 15) is 14.4 Å². The SMILES string of the molecule is O=C1C[C@@H](CCC(=O)c2cccc3cccnc23)N(C(=O)c2ccccc2-c2ccccc2)C1. The summed E-state index contributed by atoms with van der Waals surface area (Å²) < 4.78 is 0. The Morgan fingerprint density at radius 2 is 1.59 bits per heavy atom. The molecule has 168 valence electrons. The molecular formula is C29H24N2O3. The van der Waals surface area contributed by atoms with Crippen LogP contribution >= 0.6 is 0 Å². The number of hydrogen-bond donors (Lipinski definition) is 0. The third-order valence-electron chi connectivity index (χ3n) is 6.39. The predicted molar refractivity (Wildman–Crippen MR) is 132 cm³/mol. The molecule has 1 fully saturated rings. The average Bonchev–Trinajstić information content (AvgIpc) is 3.27. The van der Waals surface area contributed by atoms with E-state index in [1.165, 1.54) is 0 Å². The molecule has 0 unspecified atom stereocenters. The number of likely N-dealkylation sites (tertiary alicyclic amines) is 1. The third-order valence-corrected chi connectivity index (χ3v) is 6.39. The van der Waals surface area contributed by atoms with Crippen molar-refractivity contribution < 1.29 is 14.4 Å². The fraction of sp³-hybridized carbons (Fsp3) is 0.172. The molecule has 34 heavy (non-hydrogen) atoms. The summed E-state index contributed by atoms with van der Waals surface area (Å²) in [5.74, 6) is -0.176. The smallest absolute Gasteiger partial charge is 0.255 e. The lowest BCUT2D eigenvalue weighted by atomic mass is 9.97. The zero-order valence-electron chi connectivity index (χ0n) is 18.7. The van der Waals surface area contributed by atoms with Gasteiger partial charge in [-0.05, 0) is 35.7 Å². The number of ketones is 2. The second kappa shape index (κ2) is 9.40. The topological polar surface area (TPSA) is 67.3 Å². The number of carbonyl (C=O) groups excluding carboxylic acids is 3. The van der Waals surface area contributed by atoms with Crippen molar-refractivity contribution in [1.29, 1.82) is 0 Å². The Morgan fingerprint density at radius 1 is 0.853 bits per heavy atom. The molecule has 5 nitrogen and oxygen atoms in total. The highest BCUT2D eigenvalue weighted by Crippen LogP contribution is 2.29. The maximum atomic E-state index is 13.6. The number of para-hydroxylation sites is 1. The van der Waals surface area contributed by atoms with Crippen molar-refractivity contribution >= 4 is 28.4 Å². The molecule has 0 bridgehead atoms. The molecule has 5 heteroatoms. The third kappa shape index (κ3) is 4.25. The highest BCUT2D eigenvalue weighted by Gasteiger charge is 2.35. The van der Waals surface area contributed by atoms with Crippen LogP contribution in [0.3, 0.4) is 0 Å². The molecule has 3 aromatic carbocycles. The lowest BCUT2D eigenvalue weighted by Gasteiger charge is -2.25. The highest BCUT2D eigenvalue weighted by atomic mass is 16.2. The van der Waals surface area contributed by atoms with Crippen LogP contribution in [-0.4, -0.2) is 39.9 Å². The number of pyridine rings is 1. The molecule has 0 radical (unpaired) electrons. The molecule has 5 rings (SSSR count). The average molecular weight is 449 g/mol. The first-order chi connectivity index (χ1) is 16.6. The van der Waals surface area contributed by atoms with Crippen molar-refractivity contribution in [3.63, 3.8) is 0 Å². The van der Waals surface area contributed by atoms with E-state index < -0.39 is 0 Å². The van der Waals surface area contributed by atoms with Crippen molar-refractivity contribution in [3.05, 3.63) is 102 Å². The molecule has 0 saturated carbocycles. The molecule has 1 amide bonds. The van der Waals surface area contributed by atoms with Crippen LogP contribution in [0.2, 0.25) is 0 Å². The van der Waals surface area contributed by atoms with Crippen LogP contribution in [0.4, 0.5) is 0 Å². The van der Waals surface area contributed by atoms with Crippen LogP contribution in [0.25, 0.3) is 22.0 Å². The van der Waals surface area contributed by atoms with E-state index in [-0.39, 0.29) is 42.9 Å². The first-order valence-corrected chi connectivity index (χ1v) is 11.5. The second-order valence-electron chi connectivity index (χ2n) is 8.58. The van der Waals surface area contributed by atoms with Gasteiger partial charge in [-0.2, -0.15) is 0 Å². The van der Waals surface area contributed by atoms with Gasteiger partial charge in [-0.25, -0.2) is 0 Å². The molecule has 1 saturated heterocycles. The highest BCUT2D eigenvalue weighted by molar-refractivity contribution is 6.07. The van der Waals surface area contributed by atoms with Crippen molar-refractivity contribution in [2.24, 2.45) is 0 Å². The van der Waals surface area contributed by atoms with E-state index in [0.29, 0.717) is 23.1 Å². The minimum Gasteiger partial charge on any atom is -0.328 e. The fourth-order valence-corrected chi connectivity index (χ4v) is 4.71. The molecule has 0 aliphatic carbocycles. The number of Topliss-reactive ketones (excluding diaryl/α,β-unsaturated/α-hetero) is 2. The van der Waals surface area contributed by atoms with E-state index in [0.717, 1.165) is 16.5 Å². The van der Waals surface area contributed by atoms with Gasteiger partial charge in [0, 0.05) is 41.6 Å². The van der Waals surface area contributed by atoms with Gasteiger partial charge in [-0.3, -0.25) is 19.4 Å². The van der Waals surface area contributed by atoms with Gasteiger partial charge in [0.1, 0.15) is 0 Å². The van der Waals surface area contributed by atoms with Gasteiger partial charge < -0.3 is 4.90 Å². The fourth-order valence-electron chi connectivity index (χ4n) is 4.71. The zero-order chi connectivity index (χ0) is 23.5. The van der Waals surface area contributed by atoms with Gasteiger partial charge in [0.05, 0.1) is 12.1 Å². The molecule has 4 aromatic rings. The molecule has 2 heterocycles. The first kappa shape index (κ1) is 21.7. The maximum Gasteiger partial charge on any atom is 0.255 e. The molecule has 0 spiro atoms. The minimum absolute atomic E-state index is 0.0230. The van der Waals surface area contributed by atoms with Crippen molar-refractivity contribution in [3.8, 4) is 11.1 Å². The summed E-state index contributed by atoms with van der Waals surface area (Å²) in [7, 11) is 0. The van der Waals surface area contributed by atoms with E-state index in [2.05, 4.69) is 4.98 Å². The van der Waals surface area contributed by atoms with Crippen LogP contribution in [0.1, 0.15) is 40.0 Å². The summed E-state index contributed by atoms with van der Waals surface area (Å²) in [5.41, 5.74) is 3.62. The van der Waals surface area contributed by atoms with Gasteiger partial charge in [-0.15, -0.1) is 0 Å². The van der Waals surface area contributed by atoms with Gasteiger partial charge in [-0.1, -0.05) is 66.7 Å². The standard InChI is InChI=1S/C29H24N2O3/c32-23-18-22(15-16-27(33)26-14-6-10-21-11-7-17-30-28(21)26)31(19-23)29(34)25-13-5-4-12-24(25)20-8-2-1-3-9-20/h1-14,17,22H,15-16,18-19H2/t22-/m1/s1. The Kier molecular flexibility index (Phi) is 6.00. The van der Waals surface area contributed by atoms with Gasteiger partial charge in [0.2, 0.25) is 0 Å². The summed E-state index contributed by atoms with van der Waals surface area (Å²) in [6.07, 6.45) is 2.64. The molecule has 1 aromatic heterocycles. The van der Waals surface area contributed by atoms with Gasteiger partial charge in [0.15, 0.2) is 11.6 Å². The van der Waals surface area contributed by atoms with E-state index in [1.807, 2.05) is 72.8 Å². The van der Waals surface area contributed by atoms with Crippen molar-refractivity contribution in [2.75, 3.05) is 6.54 Å². The molecule has 1 aliphatic rings. The second-order valence-corrected chi connectivity index (χ2v) is 8.58. The lowest BCUT2D eigenvalue weighted by Crippen LogP contribution is -2.36. The van der Waals surface area contributed by atoms with Gasteiger partial charge in [0.25, 0.3) is 5.91 Å². The van der Waals surface area contributed by atoms with Crippen molar-refractivity contribution in [1.82, 2.24) is 9.88 Å². The number of aromatic nitrogens is 1. The zero-order valence-corrected chi connectivity index (χ0v) is 18.7. The Bertz CT molecular complexity index is 1380. The summed E-state index contributed by atoms with van der Waals surface area (Å²) in [4.78, 5) is 45.0. The molecule has 0 N–H and O–H groups in total. The summed E-state index contributed by atoms with van der Waals surface area (Å²) in [6, 6.07) is 26.3. The van der Waals surface area contributed by atoms with Crippen LogP contribution in [-0.2, 0) is 4.79 Å². The largest absolute Gasteiger partial charge is 0.328 e. The summed E-state index contributed by atoms with van der Waals surface area (Å²) >= 11 is 0. The maximum absolute atomic E-state index is 13.6. The normalized spacial score (nSPS) is 15.6. The Morgan fingerprint density at radius 3 is 2.44 bits per heavy atom. The Balaban J connectivity index is 1.36. The van der Waals surface area contributed by atoms with Crippen molar-refractivity contribution in [2.45, 2.75) is 25.3 Å². The quantitative estimate of drug-likeness (QED) is 0.373. The van der Waals surface area contributed by atoms with Crippen LogP contribution in [0.5, 0.6) is 0 Å². The summed E-state index contributed by atoms with van der Waals surface area (Å²) in [5, 5.41) is 0.915. The monoisotopic (exact) mass is 448 g/mol. The van der Waals surface area contributed by atoms with E-state index >= 15 is 0 Å². The number of carbonyl (C=O) groups is 3. The number of fused-ring (bicyclic) bond motifs is 1. The Labute approximate surface area is 198 Å². The Hall–Kier alpha value is -4.12. The predicted octanol–water partition coefficient (Wildman–Crippen LogP) is 5.35. The molecule has 1 atom stereocenters. The number of rotatable bonds is 6. The van der Waals surface area contributed by atoms with Crippen LogP contribution in [0.15, 0.2) is 91.1 Å². The van der Waals surface area contributed by atoms with Gasteiger partial charge >= 0.3 is 0 Å². The molecular weight excluding hydrogens is 424 g/mol. The number of amides is 1. The van der Waals surface area contributed by atoms with E-state index in [4.69, 9.17) is 0 Å². The summed E-state index contributed by atoms with van der Waals surface area (Å²) in [6.45, 7) is 0.0800. The first-order valence-electron chi connectivity index (χ1n) is 11.5. The number of benzene rings is 3. The van der Waals surface area contributed by atoms with Crippen LogP contribution < -0.4 is 0 Å². The molecule has 1 aliphatic heterocycles. The van der Waals surface area contributed by atoms with E-state index in [1.54, 1.807) is 23.2 Å². The van der Waals surface area contributed by atoms with Crippen LogP contribution in [0, 0.1) is 0 Å². The minimum atomic E-state index is -0.296. The number of hydrogen-bond acceptors (Lipinski definition) is 4. The lowest BCUT2D eigenvalue weighted by molar-refractivity contribution is -0.116. The number of nitrogens with zero attached hydrogens (tertiary/aromatic N) is 2.